The Labute approximate surface area is 121 Å². The summed E-state index contributed by atoms with van der Waals surface area (Å²) in [6.45, 7) is 6.80. The Morgan fingerprint density at radius 1 is 1.26 bits per heavy atom. The molecule has 3 nitrogen and oxygen atoms in total. The number of nitrogens with two attached hydrogens (primary N) is 1. The summed E-state index contributed by atoms with van der Waals surface area (Å²) in [5.74, 6) is 5.83. The van der Waals surface area contributed by atoms with Crippen LogP contribution in [0.1, 0.15) is 44.7 Å². The molecule has 2 rings (SSSR count). The maximum Gasteiger partial charge on any atom is 0.0639 e. The van der Waals surface area contributed by atoms with Gasteiger partial charge >= 0.3 is 0 Å². The van der Waals surface area contributed by atoms with Crippen LogP contribution in [-0.2, 0) is 0 Å². The monoisotopic (exact) mass is 281 g/mol. The number of hydrazine groups is 1. The van der Waals surface area contributed by atoms with Gasteiger partial charge in [0.2, 0.25) is 0 Å². The molecule has 1 fully saturated rings. The maximum atomic E-state index is 6.10. The molecule has 1 aromatic carbocycles. The summed E-state index contributed by atoms with van der Waals surface area (Å²) < 4.78 is 0. The maximum absolute atomic E-state index is 6.10. The third-order valence-corrected chi connectivity index (χ3v) is 4.46. The molecular weight excluding hydrogens is 258 g/mol. The molecule has 0 aliphatic carbocycles. The van der Waals surface area contributed by atoms with Gasteiger partial charge < -0.3 is 0 Å². The molecule has 1 unspecified atom stereocenters. The first-order valence-corrected chi connectivity index (χ1v) is 7.40. The van der Waals surface area contributed by atoms with Crippen molar-refractivity contribution in [3.63, 3.8) is 0 Å². The number of hydrogen-bond donors (Lipinski definition) is 2. The van der Waals surface area contributed by atoms with Gasteiger partial charge in [0.1, 0.15) is 0 Å². The van der Waals surface area contributed by atoms with E-state index in [0.717, 1.165) is 23.7 Å². The predicted molar refractivity (Wildman–Crippen MR) is 81.0 cm³/mol. The van der Waals surface area contributed by atoms with E-state index in [1.165, 1.54) is 19.3 Å². The average molecular weight is 282 g/mol. The number of hydrogen-bond acceptors (Lipinski definition) is 3. The van der Waals surface area contributed by atoms with Crippen molar-refractivity contribution in [2.75, 3.05) is 13.1 Å². The van der Waals surface area contributed by atoms with Crippen LogP contribution >= 0.6 is 11.6 Å². The molecule has 1 aromatic rings. The van der Waals surface area contributed by atoms with E-state index in [1.807, 2.05) is 18.2 Å². The van der Waals surface area contributed by atoms with E-state index in [0.29, 0.717) is 0 Å². The lowest BCUT2D eigenvalue weighted by atomic mass is 9.86. The summed E-state index contributed by atoms with van der Waals surface area (Å²) in [6, 6.07) is 8.03. The molecule has 0 amide bonds. The molecule has 1 heterocycles. The zero-order chi connectivity index (χ0) is 13.9. The summed E-state index contributed by atoms with van der Waals surface area (Å²) in [5.41, 5.74) is 4.10. The highest BCUT2D eigenvalue weighted by molar-refractivity contribution is 6.30. The average Bonchev–Trinajstić information content (AvgIpc) is 2.40. The second-order valence-corrected chi connectivity index (χ2v) is 6.29. The van der Waals surface area contributed by atoms with Crippen molar-refractivity contribution in [2.24, 2.45) is 5.84 Å². The largest absolute Gasteiger partial charge is 0.296 e. The van der Waals surface area contributed by atoms with Gasteiger partial charge in [-0.2, -0.15) is 0 Å². The molecule has 106 valence electrons. The summed E-state index contributed by atoms with van der Waals surface area (Å²) in [5, 5.41) is 0.757. The fourth-order valence-electron chi connectivity index (χ4n) is 3.05. The number of nitrogens with zero attached hydrogens (tertiary/aromatic N) is 1. The van der Waals surface area contributed by atoms with E-state index in [-0.39, 0.29) is 11.6 Å². The number of halogens is 1. The second kappa shape index (κ2) is 6.23. The van der Waals surface area contributed by atoms with E-state index in [1.54, 1.807) is 0 Å². The Morgan fingerprint density at radius 2 is 1.95 bits per heavy atom. The predicted octanol–water partition coefficient (Wildman–Crippen LogP) is 3.11. The van der Waals surface area contributed by atoms with Crippen LogP contribution in [0.4, 0.5) is 0 Å². The lowest BCUT2D eigenvalue weighted by Crippen LogP contribution is -2.55. The Kier molecular flexibility index (Phi) is 4.85. The highest BCUT2D eigenvalue weighted by Crippen LogP contribution is 2.33. The Hall–Kier alpha value is -0.610. The molecule has 19 heavy (non-hydrogen) atoms. The zero-order valence-corrected chi connectivity index (χ0v) is 12.6. The van der Waals surface area contributed by atoms with Crippen molar-refractivity contribution in [1.82, 2.24) is 10.3 Å². The van der Waals surface area contributed by atoms with Gasteiger partial charge in [-0.1, -0.05) is 30.2 Å². The van der Waals surface area contributed by atoms with Gasteiger partial charge in [0.25, 0.3) is 0 Å². The van der Waals surface area contributed by atoms with Crippen LogP contribution in [0.3, 0.4) is 0 Å². The molecule has 1 saturated heterocycles. The molecule has 0 bridgehead atoms. The zero-order valence-electron chi connectivity index (χ0n) is 11.8. The van der Waals surface area contributed by atoms with Crippen molar-refractivity contribution in [3.05, 3.63) is 34.9 Å². The number of piperidine rings is 1. The van der Waals surface area contributed by atoms with Crippen LogP contribution in [0.25, 0.3) is 0 Å². The lowest BCUT2D eigenvalue weighted by molar-refractivity contribution is 0.0608. The van der Waals surface area contributed by atoms with E-state index < -0.39 is 0 Å². The normalized spacial score (nSPS) is 19.4. The van der Waals surface area contributed by atoms with Gasteiger partial charge in [0, 0.05) is 10.6 Å². The topological polar surface area (TPSA) is 41.3 Å². The summed E-state index contributed by atoms with van der Waals surface area (Å²) in [6.07, 6.45) is 3.89. The molecule has 4 heteroatoms. The smallest absolute Gasteiger partial charge is 0.0639 e. The standard InChI is InChI=1S/C15H24ClN3/c1-15(2,19-9-4-3-5-10-19)14(18-17)12-7-6-8-13(16)11-12/h6-8,11,14,18H,3-5,9-10,17H2,1-2H3. The molecule has 0 aromatic heterocycles. The minimum atomic E-state index is -0.0279. The Balaban J connectivity index is 2.24. The minimum Gasteiger partial charge on any atom is -0.296 e. The van der Waals surface area contributed by atoms with Crippen LogP contribution < -0.4 is 11.3 Å². The Bertz CT molecular complexity index is 414. The number of rotatable bonds is 4. The molecule has 1 atom stereocenters. The summed E-state index contributed by atoms with van der Waals surface area (Å²) >= 11 is 6.10. The fraction of sp³-hybridized carbons (Fsp3) is 0.600. The fourth-order valence-corrected chi connectivity index (χ4v) is 3.25. The van der Waals surface area contributed by atoms with Crippen molar-refractivity contribution in [2.45, 2.75) is 44.7 Å². The summed E-state index contributed by atoms with van der Waals surface area (Å²) in [4.78, 5) is 2.53. The quantitative estimate of drug-likeness (QED) is 0.658. The molecule has 3 N–H and O–H groups in total. The first kappa shape index (κ1) is 14.8. The van der Waals surface area contributed by atoms with E-state index in [2.05, 4.69) is 30.2 Å². The second-order valence-electron chi connectivity index (χ2n) is 5.86. The molecule has 0 saturated carbocycles. The molecule has 1 aliphatic heterocycles. The van der Waals surface area contributed by atoms with Crippen LogP contribution in [-0.4, -0.2) is 23.5 Å². The SMILES string of the molecule is CC(C)(C(NN)c1cccc(Cl)c1)N1CCCCC1. The molecule has 0 radical (unpaired) electrons. The van der Waals surface area contributed by atoms with Gasteiger partial charge in [-0.25, -0.2) is 0 Å². The number of nitrogens with one attached hydrogen (secondary N) is 1. The lowest BCUT2D eigenvalue weighted by Gasteiger charge is -2.46. The third-order valence-electron chi connectivity index (χ3n) is 4.23. The number of likely N-dealkylation sites (tertiary alicyclic amines) is 1. The van der Waals surface area contributed by atoms with Crippen LogP contribution in [0, 0.1) is 0 Å². The van der Waals surface area contributed by atoms with Crippen molar-refractivity contribution < 1.29 is 0 Å². The molecule has 0 spiro atoms. The van der Waals surface area contributed by atoms with Gasteiger partial charge in [-0.15, -0.1) is 0 Å². The van der Waals surface area contributed by atoms with Crippen molar-refractivity contribution >= 4 is 11.6 Å². The van der Waals surface area contributed by atoms with Gasteiger partial charge in [-0.05, 0) is 57.5 Å². The van der Waals surface area contributed by atoms with Crippen molar-refractivity contribution in [1.29, 1.82) is 0 Å². The molecular formula is C15H24ClN3. The third kappa shape index (κ3) is 3.29. The minimum absolute atomic E-state index is 0.0279. The van der Waals surface area contributed by atoms with Crippen LogP contribution in [0.5, 0.6) is 0 Å². The molecule has 1 aliphatic rings. The van der Waals surface area contributed by atoms with Crippen LogP contribution in [0.2, 0.25) is 5.02 Å². The van der Waals surface area contributed by atoms with Gasteiger partial charge in [-0.3, -0.25) is 16.2 Å². The van der Waals surface area contributed by atoms with Gasteiger partial charge in [0.15, 0.2) is 0 Å². The first-order valence-electron chi connectivity index (χ1n) is 7.02. The van der Waals surface area contributed by atoms with E-state index in [4.69, 9.17) is 17.4 Å². The highest BCUT2D eigenvalue weighted by atomic mass is 35.5. The van der Waals surface area contributed by atoms with Crippen molar-refractivity contribution in [3.8, 4) is 0 Å². The summed E-state index contributed by atoms with van der Waals surface area (Å²) in [7, 11) is 0. The van der Waals surface area contributed by atoms with E-state index in [9.17, 15) is 0 Å². The van der Waals surface area contributed by atoms with E-state index >= 15 is 0 Å². The van der Waals surface area contributed by atoms with Gasteiger partial charge in [0.05, 0.1) is 6.04 Å². The van der Waals surface area contributed by atoms with Crippen LogP contribution in [0.15, 0.2) is 24.3 Å². The Morgan fingerprint density at radius 3 is 2.53 bits per heavy atom. The number of benzene rings is 1. The first-order chi connectivity index (χ1) is 9.05. The highest BCUT2D eigenvalue weighted by Gasteiger charge is 2.36.